The van der Waals surface area contributed by atoms with E-state index in [1.165, 1.54) is 0 Å². The van der Waals surface area contributed by atoms with Crippen LogP contribution in [0.25, 0.3) is 0 Å². The van der Waals surface area contributed by atoms with Gasteiger partial charge in [-0.3, -0.25) is 0 Å². The quantitative estimate of drug-likeness (QED) is 0.669. The van der Waals surface area contributed by atoms with E-state index in [9.17, 15) is 0 Å². The summed E-state index contributed by atoms with van der Waals surface area (Å²) in [4.78, 5) is 0. The van der Waals surface area contributed by atoms with Gasteiger partial charge in [-0.15, -0.1) is 28.7 Å². The van der Waals surface area contributed by atoms with Crippen LogP contribution in [-0.2, 0) is 0 Å². The zero-order valence-electron chi connectivity index (χ0n) is 6.61. The summed E-state index contributed by atoms with van der Waals surface area (Å²) >= 11 is 0. The van der Waals surface area contributed by atoms with Gasteiger partial charge in [-0.05, 0) is 0 Å². The van der Waals surface area contributed by atoms with Gasteiger partial charge >= 0.3 is 0 Å². The molecule has 0 saturated carbocycles. The Morgan fingerprint density at radius 2 is 1.73 bits per heavy atom. The summed E-state index contributed by atoms with van der Waals surface area (Å²) in [6.45, 7) is 4.05. The third-order valence-electron chi connectivity index (χ3n) is 1.24. The maximum Gasteiger partial charge on any atom is 0.227 e. The first-order chi connectivity index (χ1) is 5.11. The summed E-state index contributed by atoms with van der Waals surface area (Å²) in [5.74, 6) is 1.67. The minimum Gasteiger partial charge on any atom is -0.424 e. The Bertz CT molecular complexity index is 212. The Hall–Kier alpha value is -0.0000000000000000555. The molecule has 0 N–H and O–H groups in total. The summed E-state index contributed by atoms with van der Waals surface area (Å²) < 4.78 is 5.34. The van der Waals surface area contributed by atoms with Crippen LogP contribution in [0.3, 0.4) is 0 Å². The fraction of sp³-hybridized carbons (Fsp3) is 0.667. The maximum absolute atomic E-state index is 5.34. The number of aromatic nitrogens is 2. The van der Waals surface area contributed by atoms with Gasteiger partial charge in [0, 0.05) is 5.92 Å². The number of nitrogens with zero attached hydrogens (tertiary/aromatic N) is 2. The minimum atomic E-state index is 0.162. The average molecular weight is 190 g/mol. The van der Waals surface area contributed by atoms with Gasteiger partial charge in [0.1, 0.15) is 0 Å². The first-order valence-electron chi connectivity index (χ1n) is 3.45. The second-order valence-electron chi connectivity index (χ2n) is 2.66. The summed E-state index contributed by atoms with van der Waals surface area (Å²) in [6, 6.07) is 0. The van der Waals surface area contributed by atoms with E-state index >= 15 is 0 Å². The van der Waals surface area contributed by atoms with Crippen LogP contribution in [-0.4, -0.2) is 10.2 Å². The second kappa shape index (κ2) is 3.60. The molecule has 1 aromatic rings. The Morgan fingerprint density at radius 3 is 2.00 bits per heavy atom. The molecule has 0 fully saturated rings. The molecule has 1 rings (SSSR count). The standard InChI is InChI=1S/C6H12N2OP2/c1-3(2)4-7-8-5(9-4)6(10)11/h3,6H,10-11H2,1-2H3. The lowest BCUT2D eigenvalue weighted by Crippen LogP contribution is -1.85. The normalized spacial score (nSPS) is 11.5. The van der Waals surface area contributed by atoms with Crippen LogP contribution in [0.15, 0.2) is 4.42 Å². The molecule has 0 aliphatic carbocycles. The molecule has 0 saturated heterocycles. The highest BCUT2D eigenvalue weighted by Gasteiger charge is 2.11. The van der Waals surface area contributed by atoms with Gasteiger partial charge in [0.15, 0.2) is 0 Å². The lowest BCUT2D eigenvalue weighted by Gasteiger charge is -1.96. The topological polar surface area (TPSA) is 38.9 Å². The van der Waals surface area contributed by atoms with Gasteiger partial charge in [-0.2, -0.15) is 0 Å². The largest absolute Gasteiger partial charge is 0.424 e. The van der Waals surface area contributed by atoms with E-state index in [0.29, 0.717) is 17.7 Å². The van der Waals surface area contributed by atoms with Crippen molar-refractivity contribution in [1.82, 2.24) is 10.2 Å². The van der Waals surface area contributed by atoms with Crippen molar-refractivity contribution in [3.8, 4) is 0 Å². The molecule has 0 bridgehead atoms. The molecule has 2 unspecified atom stereocenters. The van der Waals surface area contributed by atoms with Crippen molar-refractivity contribution in [1.29, 1.82) is 0 Å². The lowest BCUT2D eigenvalue weighted by molar-refractivity contribution is 0.443. The van der Waals surface area contributed by atoms with Crippen LogP contribution in [0.4, 0.5) is 0 Å². The van der Waals surface area contributed by atoms with Gasteiger partial charge in [0.25, 0.3) is 0 Å². The Labute approximate surface area is 70.8 Å². The van der Waals surface area contributed by atoms with E-state index in [1.54, 1.807) is 0 Å². The molecule has 0 radical (unpaired) electrons. The van der Waals surface area contributed by atoms with E-state index in [-0.39, 0.29) is 5.40 Å². The first-order valence-corrected chi connectivity index (χ1v) is 4.79. The third-order valence-corrected chi connectivity index (χ3v) is 1.81. The van der Waals surface area contributed by atoms with E-state index in [2.05, 4.69) is 28.7 Å². The van der Waals surface area contributed by atoms with E-state index in [0.717, 1.165) is 0 Å². The van der Waals surface area contributed by atoms with Gasteiger partial charge < -0.3 is 4.42 Å². The Kier molecular flexibility index (Phi) is 2.98. The molecule has 5 heteroatoms. The lowest BCUT2D eigenvalue weighted by atomic mass is 10.2. The van der Waals surface area contributed by atoms with Crippen molar-refractivity contribution >= 4 is 18.5 Å². The van der Waals surface area contributed by atoms with Crippen LogP contribution in [0.5, 0.6) is 0 Å². The van der Waals surface area contributed by atoms with Gasteiger partial charge in [0.05, 0.1) is 5.40 Å². The highest BCUT2D eigenvalue weighted by molar-refractivity contribution is 7.37. The van der Waals surface area contributed by atoms with Crippen LogP contribution in [0, 0.1) is 0 Å². The molecular formula is C6H12N2OP2. The molecule has 3 nitrogen and oxygen atoms in total. The zero-order chi connectivity index (χ0) is 8.43. The van der Waals surface area contributed by atoms with Crippen molar-refractivity contribution in [2.45, 2.75) is 25.2 Å². The molecule has 0 amide bonds. The third kappa shape index (κ3) is 2.21. The van der Waals surface area contributed by atoms with E-state index in [1.807, 2.05) is 13.8 Å². The summed E-state index contributed by atoms with van der Waals surface area (Å²) in [5, 5.41) is 7.93. The highest BCUT2D eigenvalue weighted by atomic mass is 31.1. The molecule has 0 aromatic carbocycles. The SMILES string of the molecule is CC(C)c1nnc(C(P)P)o1. The molecule has 1 aromatic heterocycles. The monoisotopic (exact) mass is 190 g/mol. The van der Waals surface area contributed by atoms with Gasteiger partial charge in [0.2, 0.25) is 11.8 Å². The average Bonchev–Trinajstić information content (AvgIpc) is 2.33. The van der Waals surface area contributed by atoms with Crippen molar-refractivity contribution in [3.63, 3.8) is 0 Å². The molecular weight excluding hydrogens is 178 g/mol. The summed E-state index contributed by atoms with van der Waals surface area (Å²) in [6.07, 6.45) is 0. The first kappa shape index (κ1) is 9.09. The van der Waals surface area contributed by atoms with Gasteiger partial charge in [-0.25, -0.2) is 0 Å². The molecule has 1 heterocycles. The number of hydrogen-bond acceptors (Lipinski definition) is 3. The summed E-state index contributed by atoms with van der Waals surface area (Å²) in [5.41, 5.74) is 0. The van der Waals surface area contributed by atoms with Crippen molar-refractivity contribution in [2.24, 2.45) is 0 Å². The van der Waals surface area contributed by atoms with Crippen LogP contribution in [0.1, 0.15) is 36.9 Å². The smallest absolute Gasteiger partial charge is 0.227 e. The van der Waals surface area contributed by atoms with Gasteiger partial charge in [-0.1, -0.05) is 13.8 Å². The predicted molar refractivity (Wildman–Crippen MR) is 50.5 cm³/mol. The zero-order valence-corrected chi connectivity index (χ0v) is 8.92. The van der Waals surface area contributed by atoms with Crippen LogP contribution < -0.4 is 0 Å². The predicted octanol–water partition coefficient (Wildman–Crippen LogP) is 1.94. The molecule has 2 atom stereocenters. The Balaban J connectivity index is 2.82. The molecule has 0 spiro atoms. The van der Waals surface area contributed by atoms with Crippen LogP contribution >= 0.6 is 18.5 Å². The fourth-order valence-electron chi connectivity index (χ4n) is 0.615. The van der Waals surface area contributed by atoms with Crippen LogP contribution in [0.2, 0.25) is 0 Å². The number of rotatable bonds is 2. The molecule has 62 valence electrons. The van der Waals surface area contributed by atoms with Crippen molar-refractivity contribution in [2.75, 3.05) is 0 Å². The highest BCUT2D eigenvalue weighted by Crippen LogP contribution is 2.29. The molecule has 11 heavy (non-hydrogen) atoms. The van der Waals surface area contributed by atoms with E-state index in [4.69, 9.17) is 4.42 Å². The second-order valence-corrected chi connectivity index (χ2v) is 4.87. The Morgan fingerprint density at radius 1 is 1.18 bits per heavy atom. The maximum atomic E-state index is 5.34. The fourth-order valence-corrected chi connectivity index (χ4v) is 0.884. The van der Waals surface area contributed by atoms with E-state index < -0.39 is 0 Å². The van der Waals surface area contributed by atoms with Crippen molar-refractivity contribution in [3.05, 3.63) is 11.8 Å². The minimum absolute atomic E-state index is 0.162. The molecule has 0 aliphatic heterocycles. The molecule has 0 aliphatic rings. The summed E-state index contributed by atoms with van der Waals surface area (Å²) in [7, 11) is 5.17. The number of hydrogen-bond donors (Lipinski definition) is 0. The van der Waals surface area contributed by atoms with Crippen molar-refractivity contribution < 1.29 is 4.42 Å².